The van der Waals surface area contributed by atoms with Gasteiger partial charge in [-0.05, 0) is 88.4 Å². The predicted molar refractivity (Wildman–Crippen MR) is 126 cm³/mol. The topological polar surface area (TPSA) is 66.3 Å². The molecule has 162 valence electrons. The Hall–Kier alpha value is -2.99. The van der Waals surface area contributed by atoms with Crippen LogP contribution in [0.25, 0.3) is 16.8 Å². The van der Waals surface area contributed by atoms with Crippen molar-refractivity contribution in [1.82, 2.24) is 24.3 Å². The summed E-state index contributed by atoms with van der Waals surface area (Å²) < 4.78 is 1.66. The Labute approximate surface area is 183 Å². The van der Waals surface area contributed by atoms with Crippen molar-refractivity contribution >= 4 is 16.8 Å². The Morgan fingerprint density at radius 3 is 2.68 bits per heavy atom. The number of likely N-dealkylation sites (tertiary alicyclic amines) is 1. The molecule has 4 rings (SSSR count). The van der Waals surface area contributed by atoms with Crippen molar-refractivity contribution in [3.63, 3.8) is 0 Å². The van der Waals surface area contributed by atoms with Crippen LogP contribution >= 0.6 is 0 Å². The quantitative estimate of drug-likeness (QED) is 0.624. The normalized spacial score (nSPS) is 16.4. The molecule has 1 aliphatic rings. The highest BCUT2D eigenvalue weighted by molar-refractivity contribution is 5.79. The highest BCUT2D eigenvalue weighted by Crippen LogP contribution is 2.29. The second-order valence-electron chi connectivity index (χ2n) is 8.84. The molecule has 1 fully saturated rings. The molecule has 6 nitrogen and oxygen atoms in total. The van der Waals surface area contributed by atoms with Gasteiger partial charge in [-0.25, -0.2) is 9.97 Å². The fourth-order valence-corrected chi connectivity index (χ4v) is 4.29. The first-order chi connectivity index (χ1) is 14.8. The second-order valence-corrected chi connectivity index (χ2v) is 8.84. The molecule has 0 aromatic carbocycles. The van der Waals surface area contributed by atoms with Gasteiger partial charge in [0, 0.05) is 30.2 Å². The van der Waals surface area contributed by atoms with E-state index in [1.165, 1.54) is 5.56 Å². The lowest BCUT2D eigenvalue weighted by atomic mass is 9.90. The van der Waals surface area contributed by atoms with Crippen molar-refractivity contribution in [1.29, 1.82) is 0 Å². The van der Waals surface area contributed by atoms with E-state index in [4.69, 9.17) is 0 Å². The number of fused-ring (bicyclic) bond motifs is 1. The van der Waals surface area contributed by atoms with E-state index < -0.39 is 0 Å². The van der Waals surface area contributed by atoms with Crippen LogP contribution in [0.4, 0.5) is 0 Å². The molecule has 31 heavy (non-hydrogen) atoms. The van der Waals surface area contributed by atoms with Crippen LogP contribution in [0.2, 0.25) is 0 Å². The Balaban J connectivity index is 1.58. The summed E-state index contributed by atoms with van der Waals surface area (Å²) in [6, 6.07) is 6.23. The van der Waals surface area contributed by atoms with Gasteiger partial charge in [-0.15, -0.1) is 0 Å². The number of aromatic amines is 1. The van der Waals surface area contributed by atoms with Crippen LogP contribution in [-0.4, -0.2) is 43.4 Å². The molecule has 6 heteroatoms. The first-order valence-corrected chi connectivity index (χ1v) is 11.0. The molecule has 0 atom stereocenters. The minimum atomic E-state index is -0.0810. The Kier molecular flexibility index (Phi) is 5.92. The van der Waals surface area contributed by atoms with E-state index in [1.807, 2.05) is 32.2 Å². The van der Waals surface area contributed by atoms with E-state index in [0.29, 0.717) is 28.9 Å². The van der Waals surface area contributed by atoms with E-state index in [2.05, 4.69) is 46.3 Å². The van der Waals surface area contributed by atoms with Crippen LogP contribution in [0.5, 0.6) is 0 Å². The highest BCUT2D eigenvalue weighted by atomic mass is 16.1. The zero-order chi connectivity index (χ0) is 22.1. The Morgan fingerprint density at radius 1 is 1.29 bits per heavy atom. The van der Waals surface area contributed by atoms with E-state index in [0.717, 1.165) is 43.0 Å². The summed E-state index contributed by atoms with van der Waals surface area (Å²) >= 11 is 0. The summed E-state index contributed by atoms with van der Waals surface area (Å²) in [6.45, 7) is 14.8. The standard InChI is InChI=1S/C25H31N5O/c1-16(2)29-10-8-20(9-11-29)21-6-7-23-28-22(13-24(31)30(23)15-21)17(3)12-18(4)25-26-14-19(5)27-25/h6-7,12-16,20H,3,8-11H2,1-2,4-5H3,(H,26,27)/b18-12-. The van der Waals surface area contributed by atoms with Gasteiger partial charge in [-0.3, -0.25) is 9.20 Å². The van der Waals surface area contributed by atoms with Crippen molar-refractivity contribution in [3.05, 3.63) is 76.4 Å². The van der Waals surface area contributed by atoms with Crippen molar-refractivity contribution in [2.75, 3.05) is 13.1 Å². The maximum absolute atomic E-state index is 12.9. The monoisotopic (exact) mass is 417 g/mol. The number of hydrogen-bond acceptors (Lipinski definition) is 4. The molecular formula is C25H31N5O. The Bertz CT molecular complexity index is 1190. The fourth-order valence-electron chi connectivity index (χ4n) is 4.29. The summed E-state index contributed by atoms with van der Waals surface area (Å²) in [5.41, 5.74) is 5.01. The van der Waals surface area contributed by atoms with Crippen LogP contribution in [-0.2, 0) is 0 Å². The highest BCUT2D eigenvalue weighted by Gasteiger charge is 2.22. The molecule has 0 saturated carbocycles. The lowest BCUT2D eigenvalue weighted by Crippen LogP contribution is -2.37. The third-order valence-electron chi connectivity index (χ3n) is 6.21. The Morgan fingerprint density at radius 2 is 2.03 bits per heavy atom. The predicted octanol–water partition coefficient (Wildman–Crippen LogP) is 4.43. The van der Waals surface area contributed by atoms with Gasteiger partial charge in [0.25, 0.3) is 5.56 Å². The van der Waals surface area contributed by atoms with Crippen LogP contribution in [0, 0.1) is 6.92 Å². The van der Waals surface area contributed by atoms with Gasteiger partial charge in [0.15, 0.2) is 0 Å². The second kappa shape index (κ2) is 8.63. The summed E-state index contributed by atoms with van der Waals surface area (Å²) in [5, 5.41) is 0. The summed E-state index contributed by atoms with van der Waals surface area (Å²) in [4.78, 5) is 27.6. The maximum Gasteiger partial charge on any atom is 0.258 e. The number of piperidine rings is 1. The molecule has 3 aromatic heterocycles. The molecule has 3 aromatic rings. The lowest BCUT2D eigenvalue weighted by molar-refractivity contribution is 0.172. The number of imidazole rings is 1. The smallest absolute Gasteiger partial charge is 0.258 e. The molecule has 1 N–H and O–H groups in total. The van der Waals surface area contributed by atoms with Gasteiger partial charge in [-0.2, -0.15) is 0 Å². The molecule has 0 aliphatic carbocycles. The number of aryl methyl sites for hydroxylation is 1. The summed E-state index contributed by atoms with van der Waals surface area (Å²) in [5.74, 6) is 1.28. The molecule has 0 radical (unpaired) electrons. The van der Waals surface area contributed by atoms with Gasteiger partial charge in [0.1, 0.15) is 11.5 Å². The first-order valence-electron chi connectivity index (χ1n) is 11.0. The van der Waals surface area contributed by atoms with Crippen molar-refractivity contribution in [2.24, 2.45) is 0 Å². The van der Waals surface area contributed by atoms with E-state index in [1.54, 1.807) is 16.7 Å². The number of rotatable bonds is 5. The third-order valence-corrected chi connectivity index (χ3v) is 6.21. The van der Waals surface area contributed by atoms with Gasteiger partial charge >= 0.3 is 0 Å². The lowest BCUT2D eigenvalue weighted by Gasteiger charge is -2.34. The molecular weight excluding hydrogens is 386 g/mol. The van der Waals surface area contributed by atoms with Crippen molar-refractivity contribution < 1.29 is 0 Å². The third kappa shape index (κ3) is 4.54. The number of nitrogens with one attached hydrogen (secondary N) is 1. The molecule has 0 bridgehead atoms. The van der Waals surface area contributed by atoms with Crippen LogP contribution in [0.1, 0.15) is 62.3 Å². The zero-order valence-corrected chi connectivity index (χ0v) is 18.9. The number of pyridine rings is 1. The molecule has 1 saturated heterocycles. The van der Waals surface area contributed by atoms with E-state index in [-0.39, 0.29) is 5.56 Å². The summed E-state index contributed by atoms with van der Waals surface area (Å²) in [7, 11) is 0. The van der Waals surface area contributed by atoms with E-state index in [9.17, 15) is 4.79 Å². The average Bonchev–Trinajstić information content (AvgIpc) is 3.20. The SMILES string of the molecule is C=C(/C=C(/C)c1ncc(C)[nH]1)c1cc(=O)n2cc(C3CCN(C(C)C)CC3)ccc2n1. The largest absolute Gasteiger partial charge is 0.342 e. The van der Waals surface area contributed by atoms with Crippen molar-refractivity contribution in [3.8, 4) is 0 Å². The van der Waals surface area contributed by atoms with Gasteiger partial charge in [0.2, 0.25) is 0 Å². The number of allylic oxidation sites excluding steroid dienone is 3. The minimum absolute atomic E-state index is 0.0810. The van der Waals surface area contributed by atoms with Gasteiger partial charge < -0.3 is 9.88 Å². The van der Waals surface area contributed by atoms with Crippen LogP contribution < -0.4 is 5.56 Å². The van der Waals surface area contributed by atoms with Crippen LogP contribution in [0.3, 0.4) is 0 Å². The number of aromatic nitrogens is 4. The van der Waals surface area contributed by atoms with E-state index >= 15 is 0 Å². The molecule has 4 heterocycles. The minimum Gasteiger partial charge on any atom is -0.342 e. The maximum atomic E-state index is 12.9. The summed E-state index contributed by atoms with van der Waals surface area (Å²) in [6.07, 6.45) is 7.92. The van der Waals surface area contributed by atoms with Crippen molar-refractivity contribution in [2.45, 2.75) is 52.5 Å². The number of H-pyrrole nitrogens is 1. The van der Waals surface area contributed by atoms with Gasteiger partial charge in [0.05, 0.1) is 5.69 Å². The zero-order valence-electron chi connectivity index (χ0n) is 18.9. The molecule has 0 amide bonds. The number of hydrogen-bond donors (Lipinski definition) is 1. The van der Waals surface area contributed by atoms with Crippen LogP contribution in [0.15, 0.2) is 48.0 Å². The molecule has 1 aliphatic heterocycles. The van der Waals surface area contributed by atoms with Gasteiger partial charge in [-0.1, -0.05) is 12.6 Å². The number of nitrogens with zero attached hydrogens (tertiary/aromatic N) is 4. The average molecular weight is 418 g/mol. The fraction of sp³-hybridized carbons (Fsp3) is 0.400. The molecule has 0 unspecified atom stereocenters. The molecule has 0 spiro atoms. The first kappa shape index (κ1) is 21.2.